The third-order valence-corrected chi connectivity index (χ3v) is 7.37. The lowest BCUT2D eigenvalue weighted by Gasteiger charge is -2.23. The predicted octanol–water partition coefficient (Wildman–Crippen LogP) is 2.74. The van der Waals surface area contributed by atoms with Gasteiger partial charge in [0.1, 0.15) is 11.9 Å². The van der Waals surface area contributed by atoms with Crippen molar-refractivity contribution in [2.24, 2.45) is 0 Å². The van der Waals surface area contributed by atoms with Gasteiger partial charge in [-0.2, -0.15) is 4.31 Å². The number of hydrogen-bond donors (Lipinski definition) is 1. The Labute approximate surface area is 174 Å². The summed E-state index contributed by atoms with van der Waals surface area (Å²) >= 11 is 0. The van der Waals surface area contributed by atoms with Crippen molar-refractivity contribution >= 4 is 33.2 Å². The fourth-order valence-electron chi connectivity index (χ4n) is 3.90. The van der Waals surface area contributed by atoms with E-state index in [4.69, 9.17) is 0 Å². The second-order valence-corrected chi connectivity index (χ2v) is 9.30. The molecule has 0 unspecified atom stereocenters. The molecule has 1 N–H and O–H groups in total. The molecule has 0 spiro atoms. The first-order valence-corrected chi connectivity index (χ1v) is 11.3. The Morgan fingerprint density at radius 3 is 2.33 bits per heavy atom. The lowest BCUT2D eigenvalue weighted by atomic mass is 10.2. The van der Waals surface area contributed by atoms with Crippen LogP contribution in [0.15, 0.2) is 53.4 Å². The number of benzene rings is 2. The van der Waals surface area contributed by atoms with Crippen LogP contribution < -0.4 is 10.2 Å². The van der Waals surface area contributed by atoms with E-state index in [1.54, 1.807) is 29.2 Å². The Morgan fingerprint density at radius 2 is 1.70 bits per heavy atom. The highest BCUT2D eigenvalue weighted by atomic mass is 32.2. The highest BCUT2D eigenvalue weighted by Crippen LogP contribution is 2.28. The van der Waals surface area contributed by atoms with E-state index in [0.29, 0.717) is 31.5 Å². The molecule has 7 nitrogen and oxygen atoms in total. The quantitative estimate of drug-likeness (QED) is 0.789. The van der Waals surface area contributed by atoms with Crippen molar-refractivity contribution in [3.8, 4) is 0 Å². The standard InChI is InChI=1S/C21H22FN3O4S/c22-15-5-11-18(12-6-15)30(28,29)25-14-1-3-19(25)21(27)23-16-7-9-17(10-8-16)24-13-2-4-20(24)26/h5-12,19H,1-4,13-14H2,(H,23,27)/t19-/m1/s1. The molecule has 9 heteroatoms. The number of sulfonamides is 1. The minimum Gasteiger partial charge on any atom is -0.325 e. The normalized spacial score (nSPS) is 20.0. The zero-order chi connectivity index (χ0) is 21.3. The van der Waals surface area contributed by atoms with Gasteiger partial charge in [-0.25, -0.2) is 12.8 Å². The first-order valence-electron chi connectivity index (χ1n) is 9.85. The molecule has 2 fully saturated rings. The lowest BCUT2D eigenvalue weighted by molar-refractivity contribution is -0.119. The van der Waals surface area contributed by atoms with Gasteiger partial charge in [0, 0.05) is 30.9 Å². The van der Waals surface area contributed by atoms with Crippen LogP contribution >= 0.6 is 0 Å². The van der Waals surface area contributed by atoms with Gasteiger partial charge >= 0.3 is 0 Å². The number of hydrogen-bond acceptors (Lipinski definition) is 4. The van der Waals surface area contributed by atoms with E-state index in [0.717, 1.165) is 24.2 Å². The molecule has 2 amide bonds. The SMILES string of the molecule is O=C(Nc1ccc(N2CCCC2=O)cc1)[C@H]1CCCN1S(=O)(=O)c1ccc(F)cc1. The van der Waals surface area contributed by atoms with Gasteiger partial charge in [0.05, 0.1) is 4.90 Å². The summed E-state index contributed by atoms with van der Waals surface area (Å²) in [5.74, 6) is -0.855. The summed E-state index contributed by atoms with van der Waals surface area (Å²) < 4.78 is 40.2. The van der Waals surface area contributed by atoms with Crippen LogP contribution in [0.25, 0.3) is 0 Å². The Balaban J connectivity index is 1.47. The second-order valence-electron chi connectivity index (χ2n) is 7.41. The van der Waals surface area contributed by atoms with Crippen LogP contribution in [0.3, 0.4) is 0 Å². The summed E-state index contributed by atoms with van der Waals surface area (Å²) in [7, 11) is -3.90. The Bertz CT molecular complexity index is 1050. The molecule has 0 radical (unpaired) electrons. The van der Waals surface area contributed by atoms with Gasteiger partial charge in [0.25, 0.3) is 0 Å². The largest absolute Gasteiger partial charge is 0.325 e. The summed E-state index contributed by atoms with van der Waals surface area (Å²) in [6, 6.07) is 10.7. The van der Waals surface area contributed by atoms with Gasteiger partial charge in [-0.15, -0.1) is 0 Å². The summed E-state index contributed by atoms with van der Waals surface area (Å²) in [4.78, 5) is 26.3. The molecule has 1 atom stereocenters. The van der Waals surface area contributed by atoms with Crippen molar-refractivity contribution in [1.82, 2.24) is 4.31 Å². The van der Waals surface area contributed by atoms with Crippen molar-refractivity contribution < 1.29 is 22.4 Å². The molecule has 0 saturated carbocycles. The maximum atomic E-state index is 13.2. The van der Waals surface area contributed by atoms with E-state index in [1.807, 2.05) is 0 Å². The summed E-state index contributed by atoms with van der Waals surface area (Å²) in [5, 5.41) is 2.77. The average molecular weight is 431 g/mol. The highest BCUT2D eigenvalue weighted by molar-refractivity contribution is 7.89. The van der Waals surface area contributed by atoms with Crippen LogP contribution in [0, 0.1) is 5.82 Å². The van der Waals surface area contributed by atoms with Gasteiger partial charge in [-0.1, -0.05) is 0 Å². The number of nitrogens with zero attached hydrogens (tertiary/aromatic N) is 2. The molecule has 2 aromatic rings. The molecule has 158 valence electrons. The van der Waals surface area contributed by atoms with Crippen molar-refractivity contribution in [3.05, 3.63) is 54.3 Å². The van der Waals surface area contributed by atoms with Crippen LogP contribution in [0.5, 0.6) is 0 Å². The van der Waals surface area contributed by atoms with Gasteiger partial charge in [-0.3, -0.25) is 9.59 Å². The third kappa shape index (κ3) is 3.95. The molecule has 4 rings (SSSR count). The maximum Gasteiger partial charge on any atom is 0.243 e. The zero-order valence-corrected chi connectivity index (χ0v) is 17.1. The Hall–Kier alpha value is -2.78. The summed E-state index contributed by atoms with van der Waals surface area (Å²) in [6.45, 7) is 0.913. The monoisotopic (exact) mass is 431 g/mol. The van der Waals surface area contributed by atoms with E-state index in [2.05, 4.69) is 5.32 Å². The van der Waals surface area contributed by atoms with Crippen molar-refractivity contribution in [2.45, 2.75) is 36.6 Å². The van der Waals surface area contributed by atoms with Gasteiger partial charge in [-0.05, 0) is 67.8 Å². The summed E-state index contributed by atoms with van der Waals surface area (Å²) in [5.41, 5.74) is 1.30. The first kappa shape index (κ1) is 20.5. The van der Waals surface area contributed by atoms with E-state index in [-0.39, 0.29) is 17.3 Å². The maximum absolute atomic E-state index is 13.2. The van der Waals surface area contributed by atoms with Crippen LogP contribution in [0.2, 0.25) is 0 Å². The number of rotatable bonds is 5. The van der Waals surface area contributed by atoms with E-state index in [9.17, 15) is 22.4 Å². The van der Waals surface area contributed by atoms with Crippen molar-refractivity contribution in [2.75, 3.05) is 23.3 Å². The fraction of sp³-hybridized carbons (Fsp3) is 0.333. The smallest absolute Gasteiger partial charge is 0.243 e. The molecule has 30 heavy (non-hydrogen) atoms. The molecule has 0 aliphatic carbocycles. The third-order valence-electron chi connectivity index (χ3n) is 5.45. The summed E-state index contributed by atoms with van der Waals surface area (Å²) in [6.07, 6.45) is 2.34. The molecule has 2 aliphatic rings. The molecule has 2 aliphatic heterocycles. The van der Waals surface area contributed by atoms with Crippen LogP contribution in [-0.4, -0.2) is 43.7 Å². The Kier molecular flexibility index (Phi) is 5.57. The number of halogens is 1. The van der Waals surface area contributed by atoms with Gasteiger partial charge in [0.2, 0.25) is 21.8 Å². The van der Waals surface area contributed by atoms with E-state index < -0.39 is 27.8 Å². The van der Waals surface area contributed by atoms with Crippen LogP contribution in [-0.2, 0) is 19.6 Å². The van der Waals surface area contributed by atoms with Crippen LogP contribution in [0.4, 0.5) is 15.8 Å². The van der Waals surface area contributed by atoms with Gasteiger partial charge in [0.15, 0.2) is 0 Å². The van der Waals surface area contributed by atoms with Crippen molar-refractivity contribution in [1.29, 1.82) is 0 Å². The number of nitrogens with one attached hydrogen (secondary N) is 1. The number of anilines is 2. The predicted molar refractivity (Wildman–Crippen MR) is 110 cm³/mol. The number of amides is 2. The average Bonchev–Trinajstić information content (AvgIpc) is 3.38. The number of carbonyl (C=O) groups is 2. The minimum absolute atomic E-state index is 0.0387. The van der Waals surface area contributed by atoms with Crippen molar-refractivity contribution in [3.63, 3.8) is 0 Å². The lowest BCUT2D eigenvalue weighted by Crippen LogP contribution is -2.43. The number of carbonyl (C=O) groups excluding carboxylic acids is 2. The van der Waals surface area contributed by atoms with E-state index in [1.165, 1.54) is 16.4 Å². The topological polar surface area (TPSA) is 86.8 Å². The molecular weight excluding hydrogens is 409 g/mol. The molecule has 2 heterocycles. The second kappa shape index (κ2) is 8.16. The molecule has 2 aromatic carbocycles. The fourth-order valence-corrected chi connectivity index (χ4v) is 5.56. The molecule has 2 saturated heterocycles. The zero-order valence-electron chi connectivity index (χ0n) is 16.3. The van der Waals surface area contributed by atoms with Gasteiger partial charge < -0.3 is 10.2 Å². The molecule has 0 bridgehead atoms. The molecular formula is C21H22FN3O4S. The highest BCUT2D eigenvalue weighted by Gasteiger charge is 2.39. The van der Waals surface area contributed by atoms with E-state index >= 15 is 0 Å². The Morgan fingerprint density at radius 1 is 1.00 bits per heavy atom. The molecule has 0 aromatic heterocycles. The van der Waals surface area contributed by atoms with Crippen LogP contribution in [0.1, 0.15) is 25.7 Å². The minimum atomic E-state index is -3.90. The first-order chi connectivity index (χ1) is 14.4.